The van der Waals surface area contributed by atoms with Crippen molar-refractivity contribution in [3.05, 3.63) is 24.2 Å². The third-order valence-electron chi connectivity index (χ3n) is 2.99. The second-order valence-electron chi connectivity index (χ2n) is 3.94. The zero-order chi connectivity index (χ0) is 11.1. The molecule has 1 heterocycles. The molecule has 1 aromatic heterocycles. The summed E-state index contributed by atoms with van der Waals surface area (Å²) in [6.45, 7) is 6.09. The molecular formula is C12H22N2O. The summed E-state index contributed by atoms with van der Waals surface area (Å²) in [4.78, 5) is 0. The Hall–Kier alpha value is -0.800. The van der Waals surface area contributed by atoms with Crippen LogP contribution in [-0.4, -0.2) is 13.1 Å². The predicted molar refractivity (Wildman–Crippen MR) is 62.6 cm³/mol. The van der Waals surface area contributed by atoms with Crippen molar-refractivity contribution in [2.24, 2.45) is 11.7 Å². The van der Waals surface area contributed by atoms with Gasteiger partial charge in [-0.15, -0.1) is 0 Å². The van der Waals surface area contributed by atoms with Crippen LogP contribution in [0.2, 0.25) is 0 Å². The van der Waals surface area contributed by atoms with Crippen LogP contribution in [0.4, 0.5) is 0 Å². The normalized spacial score (nSPS) is 13.3. The van der Waals surface area contributed by atoms with Crippen LogP contribution in [0.1, 0.15) is 38.3 Å². The Kier molecular flexibility index (Phi) is 5.43. The highest BCUT2D eigenvalue weighted by molar-refractivity contribution is 5.11. The highest BCUT2D eigenvalue weighted by Crippen LogP contribution is 2.13. The first-order valence-corrected chi connectivity index (χ1v) is 5.77. The van der Waals surface area contributed by atoms with Crippen molar-refractivity contribution in [1.82, 2.24) is 5.32 Å². The molecule has 3 heteroatoms. The third-order valence-corrected chi connectivity index (χ3v) is 2.99. The molecule has 0 spiro atoms. The van der Waals surface area contributed by atoms with Crippen LogP contribution in [0, 0.1) is 5.92 Å². The summed E-state index contributed by atoms with van der Waals surface area (Å²) in [6.07, 6.45) is 5.88. The molecule has 0 aliphatic rings. The van der Waals surface area contributed by atoms with Gasteiger partial charge in [-0.2, -0.15) is 0 Å². The van der Waals surface area contributed by atoms with Crippen LogP contribution in [0.15, 0.2) is 23.0 Å². The smallest absolute Gasteiger partial charge is 0.0950 e. The van der Waals surface area contributed by atoms with Crippen LogP contribution in [0.25, 0.3) is 0 Å². The summed E-state index contributed by atoms with van der Waals surface area (Å²) in [5.74, 6) is 0.742. The van der Waals surface area contributed by atoms with E-state index in [1.165, 1.54) is 12.8 Å². The first kappa shape index (κ1) is 12.3. The molecule has 0 aliphatic heterocycles. The minimum Gasteiger partial charge on any atom is -0.472 e. The fourth-order valence-electron chi connectivity index (χ4n) is 1.70. The standard InChI is InChI=1S/C12H22N2O/c1-3-10(4-2)8-14-12(7-13)11-5-6-15-9-11/h5-6,9-10,12,14H,3-4,7-8,13H2,1-2H3. The van der Waals surface area contributed by atoms with E-state index in [-0.39, 0.29) is 6.04 Å². The molecule has 0 saturated carbocycles. The predicted octanol–water partition coefficient (Wildman–Crippen LogP) is 2.31. The Labute approximate surface area is 92.0 Å². The van der Waals surface area contributed by atoms with E-state index < -0.39 is 0 Å². The molecular weight excluding hydrogens is 188 g/mol. The van der Waals surface area contributed by atoms with Gasteiger partial charge in [0.2, 0.25) is 0 Å². The molecule has 1 unspecified atom stereocenters. The van der Waals surface area contributed by atoms with Crippen molar-refractivity contribution in [1.29, 1.82) is 0 Å². The summed E-state index contributed by atoms with van der Waals surface area (Å²) in [5, 5.41) is 3.49. The maximum atomic E-state index is 5.73. The lowest BCUT2D eigenvalue weighted by atomic mass is 10.0. The molecule has 0 radical (unpaired) electrons. The molecule has 0 bridgehead atoms. The largest absolute Gasteiger partial charge is 0.472 e. The van der Waals surface area contributed by atoms with E-state index in [0.29, 0.717) is 6.54 Å². The minimum atomic E-state index is 0.226. The SMILES string of the molecule is CCC(CC)CNC(CN)c1ccoc1. The van der Waals surface area contributed by atoms with Crippen molar-refractivity contribution < 1.29 is 4.42 Å². The molecule has 1 aromatic rings. The molecule has 3 N–H and O–H groups in total. The number of hydrogen-bond acceptors (Lipinski definition) is 3. The molecule has 15 heavy (non-hydrogen) atoms. The molecule has 86 valence electrons. The van der Waals surface area contributed by atoms with Gasteiger partial charge in [-0.25, -0.2) is 0 Å². The lowest BCUT2D eigenvalue weighted by Gasteiger charge is -2.19. The van der Waals surface area contributed by atoms with Crippen molar-refractivity contribution in [3.8, 4) is 0 Å². The Morgan fingerprint density at radius 3 is 2.60 bits per heavy atom. The lowest BCUT2D eigenvalue weighted by Crippen LogP contribution is -2.31. The highest BCUT2D eigenvalue weighted by Gasteiger charge is 2.12. The number of rotatable bonds is 7. The van der Waals surface area contributed by atoms with Gasteiger partial charge in [-0.3, -0.25) is 0 Å². The van der Waals surface area contributed by atoms with E-state index in [4.69, 9.17) is 10.2 Å². The number of hydrogen-bond donors (Lipinski definition) is 2. The fourth-order valence-corrected chi connectivity index (χ4v) is 1.70. The molecule has 0 fully saturated rings. The second kappa shape index (κ2) is 6.64. The average molecular weight is 210 g/mol. The molecule has 0 aliphatic carbocycles. The van der Waals surface area contributed by atoms with E-state index >= 15 is 0 Å². The maximum absolute atomic E-state index is 5.73. The topological polar surface area (TPSA) is 51.2 Å². The Morgan fingerprint density at radius 1 is 1.40 bits per heavy atom. The molecule has 0 saturated heterocycles. The van der Waals surface area contributed by atoms with Gasteiger partial charge in [-0.1, -0.05) is 26.7 Å². The van der Waals surface area contributed by atoms with Gasteiger partial charge < -0.3 is 15.5 Å². The van der Waals surface area contributed by atoms with Gasteiger partial charge in [0.05, 0.1) is 12.5 Å². The van der Waals surface area contributed by atoms with Crippen molar-refractivity contribution in [2.75, 3.05) is 13.1 Å². The summed E-state index contributed by atoms with van der Waals surface area (Å²) in [5.41, 5.74) is 6.87. The maximum Gasteiger partial charge on any atom is 0.0950 e. The molecule has 0 amide bonds. The first-order chi connectivity index (χ1) is 7.31. The Bertz CT molecular complexity index is 242. The van der Waals surface area contributed by atoms with E-state index in [2.05, 4.69) is 19.2 Å². The summed E-state index contributed by atoms with van der Waals surface area (Å²) >= 11 is 0. The van der Waals surface area contributed by atoms with Crippen LogP contribution >= 0.6 is 0 Å². The monoisotopic (exact) mass is 210 g/mol. The molecule has 1 atom stereocenters. The second-order valence-corrected chi connectivity index (χ2v) is 3.94. The number of nitrogens with one attached hydrogen (secondary N) is 1. The molecule has 3 nitrogen and oxygen atoms in total. The van der Waals surface area contributed by atoms with Crippen molar-refractivity contribution in [3.63, 3.8) is 0 Å². The van der Waals surface area contributed by atoms with Crippen LogP contribution in [0.5, 0.6) is 0 Å². The van der Waals surface area contributed by atoms with Gasteiger partial charge in [-0.05, 0) is 18.5 Å². The van der Waals surface area contributed by atoms with Gasteiger partial charge in [0.15, 0.2) is 0 Å². The molecule has 1 rings (SSSR count). The first-order valence-electron chi connectivity index (χ1n) is 5.77. The summed E-state index contributed by atoms with van der Waals surface area (Å²) in [6, 6.07) is 2.20. The number of nitrogens with two attached hydrogens (primary N) is 1. The van der Waals surface area contributed by atoms with Crippen LogP contribution in [-0.2, 0) is 0 Å². The third kappa shape index (κ3) is 3.68. The van der Waals surface area contributed by atoms with E-state index in [0.717, 1.165) is 18.0 Å². The summed E-state index contributed by atoms with van der Waals surface area (Å²) in [7, 11) is 0. The zero-order valence-electron chi connectivity index (χ0n) is 9.70. The van der Waals surface area contributed by atoms with Crippen molar-refractivity contribution >= 4 is 0 Å². The fraction of sp³-hybridized carbons (Fsp3) is 0.667. The van der Waals surface area contributed by atoms with E-state index in [1.54, 1.807) is 12.5 Å². The Balaban J connectivity index is 2.41. The van der Waals surface area contributed by atoms with Crippen LogP contribution in [0.3, 0.4) is 0 Å². The van der Waals surface area contributed by atoms with Crippen molar-refractivity contribution in [2.45, 2.75) is 32.7 Å². The zero-order valence-corrected chi connectivity index (χ0v) is 9.70. The quantitative estimate of drug-likeness (QED) is 0.726. The summed E-state index contributed by atoms with van der Waals surface area (Å²) < 4.78 is 5.06. The van der Waals surface area contributed by atoms with Gasteiger partial charge in [0.1, 0.15) is 0 Å². The highest BCUT2D eigenvalue weighted by atomic mass is 16.3. The molecule has 0 aromatic carbocycles. The van der Waals surface area contributed by atoms with Gasteiger partial charge in [0, 0.05) is 18.2 Å². The minimum absolute atomic E-state index is 0.226. The Morgan fingerprint density at radius 2 is 2.13 bits per heavy atom. The lowest BCUT2D eigenvalue weighted by molar-refractivity contribution is 0.412. The number of furan rings is 1. The van der Waals surface area contributed by atoms with Crippen LogP contribution < -0.4 is 11.1 Å². The van der Waals surface area contributed by atoms with E-state index in [1.807, 2.05) is 6.07 Å². The van der Waals surface area contributed by atoms with Gasteiger partial charge >= 0.3 is 0 Å². The van der Waals surface area contributed by atoms with E-state index in [9.17, 15) is 0 Å². The van der Waals surface area contributed by atoms with Gasteiger partial charge in [0.25, 0.3) is 0 Å². The average Bonchev–Trinajstić information content (AvgIpc) is 2.78.